The topological polar surface area (TPSA) is 17.1 Å². The number of fused-ring (bicyclic) bond motifs is 1. The molecule has 0 spiro atoms. The van der Waals surface area contributed by atoms with Crippen LogP contribution < -0.4 is 0 Å². The van der Waals surface area contributed by atoms with Gasteiger partial charge in [-0.3, -0.25) is 4.79 Å². The van der Waals surface area contributed by atoms with Gasteiger partial charge in [-0.15, -0.1) is 0 Å². The third-order valence-corrected chi connectivity index (χ3v) is 3.73. The van der Waals surface area contributed by atoms with Crippen LogP contribution in [0.25, 0.3) is 0 Å². The molecule has 0 amide bonds. The zero-order valence-electron chi connectivity index (χ0n) is 9.42. The predicted octanol–water partition coefficient (Wildman–Crippen LogP) is 3.20. The van der Waals surface area contributed by atoms with Crippen LogP contribution >= 0.6 is 0 Å². The van der Waals surface area contributed by atoms with Crippen LogP contribution in [-0.2, 0) is 4.79 Å². The summed E-state index contributed by atoms with van der Waals surface area (Å²) in [7, 11) is 0. The molecule has 0 saturated heterocycles. The minimum Gasteiger partial charge on any atom is -0.299 e. The van der Waals surface area contributed by atoms with Gasteiger partial charge in [0.1, 0.15) is 5.78 Å². The van der Waals surface area contributed by atoms with E-state index in [0.29, 0.717) is 17.6 Å². The number of allylic oxidation sites excluding steroid dienone is 2. The minimum absolute atomic E-state index is 0.157. The predicted molar refractivity (Wildman–Crippen MR) is 57.9 cm³/mol. The number of rotatable bonds is 1. The van der Waals surface area contributed by atoms with Crippen LogP contribution in [0.2, 0.25) is 0 Å². The van der Waals surface area contributed by atoms with Crippen molar-refractivity contribution in [2.75, 3.05) is 0 Å². The number of carbonyl (C=O) groups excluding carboxylic acids is 1. The monoisotopic (exact) mass is 192 g/mol. The molecular formula is C13H20O. The second-order valence-corrected chi connectivity index (χ2v) is 5.80. The maximum atomic E-state index is 12.2. The molecule has 2 aliphatic carbocycles. The van der Waals surface area contributed by atoms with Crippen LogP contribution in [0, 0.1) is 23.2 Å². The van der Waals surface area contributed by atoms with Gasteiger partial charge < -0.3 is 0 Å². The summed E-state index contributed by atoms with van der Waals surface area (Å²) < 4.78 is 0. The molecule has 0 bridgehead atoms. The molecule has 1 heteroatoms. The van der Waals surface area contributed by atoms with Gasteiger partial charge in [0, 0.05) is 11.3 Å². The molecule has 2 rings (SSSR count). The summed E-state index contributed by atoms with van der Waals surface area (Å²) >= 11 is 0. The Hall–Kier alpha value is -0.590. The van der Waals surface area contributed by atoms with Crippen LogP contribution in [0.5, 0.6) is 0 Å². The molecule has 1 fully saturated rings. The molecule has 2 aliphatic rings. The van der Waals surface area contributed by atoms with Crippen LogP contribution in [0.15, 0.2) is 12.2 Å². The molecule has 0 aromatic carbocycles. The molecule has 3 atom stereocenters. The van der Waals surface area contributed by atoms with E-state index in [-0.39, 0.29) is 5.41 Å². The van der Waals surface area contributed by atoms with E-state index in [1.807, 2.05) is 20.8 Å². The average Bonchev–Trinajstić information content (AvgIpc) is 2.59. The second-order valence-electron chi connectivity index (χ2n) is 5.80. The summed E-state index contributed by atoms with van der Waals surface area (Å²) in [6, 6.07) is 0. The molecule has 1 nitrogen and oxygen atoms in total. The Morgan fingerprint density at radius 1 is 1.29 bits per heavy atom. The van der Waals surface area contributed by atoms with Gasteiger partial charge in [-0.2, -0.15) is 0 Å². The Kier molecular flexibility index (Phi) is 2.29. The van der Waals surface area contributed by atoms with Gasteiger partial charge in [-0.05, 0) is 31.1 Å². The third kappa shape index (κ3) is 1.53. The normalized spacial score (nSPS) is 36.1. The van der Waals surface area contributed by atoms with Crippen molar-refractivity contribution in [3.05, 3.63) is 12.2 Å². The van der Waals surface area contributed by atoms with Crippen LogP contribution in [-0.4, -0.2) is 5.78 Å². The van der Waals surface area contributed by atoms with Gasteiger partial charge in [0.05, 0.1) is 0 Å². The van der Waals surface area contributed by atoms with E-state index in [1.165, 1.54) is 12.8 Å². The van der Waals surface area contributed by atoms with Gasteiger partial charge >= 0.3 is 0 Å². The Morgan fingerprint density at radius 3 is 2.64 bits per heavy atom. The standard InChI is InChI=1S/C13H20O/c1-13(2,3)12(14)11-8-7-9-5-4-6-10(9)11/h4,6,9-11H,5,7-8H2,1-3H3/t9-,10-,11+/m1/s1. The molecule has 0 aromatic rings. The lowest BCUT2D eigenvalue weighted by Crippen LogP contribution is -2.30. The van der Waals surface area contributed by atoms with Crippen molar-refractivity contribution in [2.45, 2.75) is 40.0 Å². The van der Waals surface area contributed by atoms with E-state index >= 15 is 0 Å². The highest BCUT2D eigenvalue weighted by Crippen LogP contribution is 2.46. The van der Waals surface area contributed by atoms with Crippen molar-refractivity contribution in [3.8, 4) is 0 Å². The van der Waals surface area contributed by atoms with E-state index in [0.717, 1.165) is 12.3 Å². The van der Waals surface area contributed by atoms with E-state index in [2.05, 4.69) is 12.2 Å². The first kappa shape index (κ1) is 9.95. The smallest absolute Gasteiger partial charge is 0.141 e. The zero-order valence-corrected chi connectivity index (χ0v) is 9.42. The molecule has 0 heterocycles. The molecule has 0 aliphatic heterocycles. The van der Waals surface area contributed by atoms with Crippen molar-refractivity contribution in [1.82, 2.24) is 0 Å². The first-order valence-electron chi connectivity index (χ1n) is 5.71. The molecule has 0 radical (unpaired) electrons. The second kappa shape index (κ2) is 3.22. The van der Waals surface area contributed by atoms with Crippen molar-refractivity contribution in [1.29, 1.82) is 0 Å². The quantitative estimate of drug-likeness (QED) is 0.583. The SMILES string of the molecule is CC(C)(C)C(=O)[C@H]1CC[C@H]2CC=C[C@H]21. The maximum absolute atomic E-state index is 12.2. The fraction of sp³-hybridized carbons (Fsp3) is 0.769. The summed E-state index contributed by atoms with van der Waals surface area (Å²) in [6.45, 7) is 6.13. The Morgan fingerprint density at radius 2 is 2.00 bits per heavy atom. The van der Waals surface area contributed by atoms with Crippen molar-refractivity contribution < 1.29 is 4.79 Å². The summed E-state index contributed by atoms with van der Waals surface area (Å²) in [5.41, 5.74) is -0.157. The molecule has 0 N–H and O–H groups in total. The summed E-state index contributed by atoms with van der Waals surface area (Å²) in [5.74, 6) is 2.14. The fourth-order valence-corrected chi connectivity index (χ4v) is 2.95. The summed E-state index contributed by atoms with van der Waals surface area (Å²) in [4.78, 5) is 12.2. The van der Waals surface area contributed by atoms with E-state index in [1.54, 1.807) is 0 Å². The molecule has 78 valence electrons. The summed E-state index contributed by atoms with van der Waals surface area (Å²) in [6.07, 6.45) is 8.13. The molecule has 1 saturated carbocycles. The number of Topliss-reactive ketones (excluding diaryl/α,β-unsaturated/α-hetero) is 1. The Balaban J connectivity index is 2.13. The molecule has 0 aromatic heterocycles. The molecule has 0 unspecified atom stereocenters. The highest BCUT2D eigenvalue weighted by molar-refractivity contribution is 5.86. The average molecular weight is 192 g/mol. The third-order valence-electron chi connectivity index (χ3n) is 3.73. The molecule has 14 heavy (non-hydrogen) atoms. The van der Waals surface area contributed by atoms with Gasteiger partial charge in [0.2, 0.25) is 0 Å². The Bertz CT molecular complexity index is 269. The zero-order chi connectivity index (χ0) is 10.3. The number of hydrogen-bond donors (Lipinski definition) is 0. The highest BCUT2D eigenvalue weighted by Gasteiger charge is 2.42. The van der Waals surface area contributed by atoms with Crippen molar-refractivity contribution in [2.24, 2.45) is 23.2 Å². The maximum Gasteiger partial charge on any atom is 0.141 e. The lowest BCUT2D eigenvalue weighted by atomic mass is 9.78. The van der Waals surface area contributed by atoms with Gasteiger partial charge in [-0.25, -0.2) is 0 Å². The van der Waals surface area contributed by atoms with E-state index in [4.69, 9.17) is 0 Å². The largest absolute Gasteiger partial charge is 0.299 e. The van der Waals surface area contributed by atoms with E-state index in [9.17, 15) is 4.79 Å². The Labute approximate surface area is 86.6 Å². The van der Waals surface area contributed by atoms with E-state index < -0.39 is 0 Å². The minimum atomic E-state index is -0.157. The first-order chi connectivity index (χ1) is 6.50. The molecular weight excluding hydrogens is 172 g/mol. The van der Waals surface area contributed by atoms with Crippen LogP contribution in [0.3, 0.4) is 0 Å². The fourth-order valence-electron chi connectivity index (χ4n) is 2.95. The van der Waals surface area contributed by atoms with Gasteiger partial charge in [-0.1, -0.05) is 32.9 Å². The van der Waals surface area contributed by atoms with Crippen LogP contribution in [0.1, 0.15) is 40.0 Å². The van der Waals surface area contributed by atoms with Gasteiger partial charge in [0.15, 0.2) is 0 Å². The highest BCUT2D eigenvalue weighted by atomic mass is 16.1. The van der Waals surface area contributed by atoms with Crippen molar-refractivity contribution in [3.63, 3.8) is 0 Å². The van der Waals surface area contributed by atoms with Gasteiger partial charge in [0.25, 0.3) is 0 Å². The lowest BCUT2D eigenvalue weighted by Gasteiger charge is -2.24. The number of hydrogen-bond acceptors (Lipinski definition) is 1. The van der Waals surface area contributed by atoms with Crippen LogP contribution in [0.4, 0.5) is 0 Å². The lowest BCUT2D eigenvalue weighted by molar-refractivity contribution is -0.131. The number of carbonyl (C=O) groups is 1. The van der Waals surface area contributed by atoms with Crippen molar-refractivity contribution >= 4 is 5.78 Å². The number of ketones is 1. The summed E-state index contributed by atoms with van der Waals surface area (Å²) in [5, 5.41) is 0. The first-order valence-corrected chi connectivity index (χ1v) is 5.71.